The summed E-state index contributed by atoms with van der Waals surface area (Å²) in [6.07, 6.45) is 3.93. The largest absolute Gasteiger partial charge is 0.493 e. The number of hydrogen-bond donors (Lipinski definition) is 1. The average Bonchev–Trinajstić information content (AvgIpc) is 3.20. The highest BCUT2D eigenvalue weighted by Crippen LogP contribution is 2.27. The highest BCUT2D eigenvalue weighted by Gasteiger charge is 2.09. The first kappa shape index (κ1) is 17.0. The summed E-state index contributed by atoms with van der Waals surface area (Å²) >= 11 is 1.53. The minimum atomic E-state index is -0.217. The molecule has 0 fully saturated rings. The molecular formula is C17H18N4O3S. The van der Waals surface area contributed by atoms with Crippen molar-refractivity contribution in [3.8, 4) is 11.5 Å². The Morgan fingerprint density at radius 1 is 1.32 bits per heavy atom. The van der Waals surface area contributed by atoms with Crippen LogP contribution < -0.4 is 14.9 Å². The number of fused-ring (bicyclic) bond motifs is 1. The first-order valence-electron chi connectivity index (χ1n) is 7.57. The van der Waals surface area contributed by atoms with Crippen molar-refractivity contribution in [2.24, 2.45) is 5.10 Å². The molecule has 0 radical (unpaired) electrons. The number of carbonyl (C=O) groups excluding carboxylic acids is 1. The van der Waals surface area contributed by atoms with Gasteiger partial charge in [0.2, 0.25) is 5.91 Å². The third-order valence-electron chi connectivity index (χ3n) is 3.63. The van der Waals surface area contributed by atoms with E-state index in [4.69, 9.17) is 9.47 Å². The maximum Gasteiger partial charge on any atom is 0.246 e. The highest BCUT2D eigenvalue weighted by atomic mass is 32.1. The number of carbonyl (C=O) groups is 1. The van der Waals surface area contributed by atoms with E-state index in [1.807, 2.05) is 41.2 Å². The van der Waals surface area contributed by atoms with Crippen molar-refractivity contribution in [1.29, 1.82) is 0 Å². The van der Waals surface area contributed by atoms with Crippen molar-refractivity contribution in [2.45, 2.75) is 13.3 Å². The lowest BCUT2D eigenvalue weighted by Crippen LogP contribution is -2.21. The van der Waals surface area contributed by atoms with Crippen LogP contribution in [0.25, 0.3) is 4.96 Å². The fourth-order valence-electron chi connectivity index (χ4n) is 2.34. The molecule has 1 N–H and O–H groups in total. The lowest BCUT2D eigenvalue weighted by Gasteiger charge is -2.09. The second-order valence-corrected chi connectivity index (χ2v) is 6.18. The molecule has 0 saturated heterocycles. The molecule has 130 valence electrons. The molecule has 25 heavy (non-hydrogen) atoms. The van der Waals surface area contributed by atoms with E-state index in [9.17, 15) is 4.79 Å². The standard InChI is InChI=1S/C17H18N4O3S/c1-11(12-4-5-14(23-2)15(8-12)24-3)19-20-16(22)9-13-10-21-6-7-25-17(21)18-13/h4-8,10H,9H2,1-3H3,(H,20,22)/b19-11+. The number of thiazole rings is 1. The van der Waals surface area contributed by atoms with Gasteiger partial charge in [0.25, 0.3) is 0 Å². The fraction of sp³-hybridized carbons (Fsp3) is 0.235. The van der Waals surface area contributed by atoms with E-state index in [0.717, 1.165) is 10.5 Å². The first-order valence-corrected chi connectivity index (χ1v) is 8.45. The van der Waals surface area contributed by atoms with Crippen molar-refractivity contribution >= 4 is 27.9 Å². The van der Waals surface area contributed by atoms with Gasteiger partial charge >= 0.3 is 0 Å². The van der Waals surface area contributed by atoms with Crippen LogP contribution in [0.1, 0.15) is 18.2 Å². The van der Waals surface area contributed by atoms with Crippen LogP contribution in [0.2, 0.25) is 0 Å². The van der Waals surface area contributed by atoms with Crippen LogP contribution in [-0.4, -0.2) is 35.2 Å². The summed E-state index contributed by atoms with van der Waals surface area (Å²) in [5.74, 6) is 1.03. The summed E-state index contributed by atoms with van der Waals surface area (Å²) in [6, 6.07) is 5.47. The molecule has 0 aliphatic heterocycles. The van der Waals surface area contributed by atoms with Gasteiger partial charge < -0.3 is 9.47 Å². The molecule has 1 amide bonds. The number of imidazole rings is 1. The predicted octanol–water partition coefficient (Wildman–Crippen LogP) is 2.50. The molecule has 0 saturated carbocycles. The third-order valence-corrected chi connectivity index (χ3v) is 4.41. The number of nitrogens with zero attached hydrogens (tertiary/aromatic N) is 3. The Morgan fingerprint density at radius 2 is 2.12 bits per heavy atom. The molecule has 0 aliphatic rings. The monoisotopic (exact) mass is 358 g/mol. The van der Waals surface area contributed by atoms with Crippen LogP contribution in [0.3, 0.4) is 0 Å². The van der Waals surface area contributed by atoms with Crippen LogP contribution in [-0.2, 0) is 11.2 Å². The summed E-state index contributed by atoms with van der Waals surface area (Å²) in [6.45, 7) is 1.81. The van der Waals surface area contributed by atoms with Crippen LogP contribution in [0, 0.1) is 0 Å². The van der Waals surface area contributed by atoms with Gasteiger partial charge in [0, 0.05) is 23.3 Å². The number of nitrogens with one attached hydrogen (secondary N) is 1. The van der Waals surface area contributed by atoms with Gasteiger partial charge in [-0.2, -0.15) is 5.10 Å². The molecule has 7 nitrogen and oxygen atoms in total. The number of hydrogen-bond acceptors (Lipinski definition) is 6. The quantitative estimate of drug-likeness (QED) is 0.542. The number of benzene rings is 1. The lowest BCUT2D eigenvalue weighted by molar-refractivity contribution is -0.120. The second kappa shape index (κ2) is 7.35. The summed E-state index contributed by atoms with van der Waals surface area (Å²) in [5, 5.41) is 6.10. The van der Waals surface area contributed by atoms with Crippen LogP contribution in [0.15, 0.2) is 41.1 Å². The van der Waals surface area contributed by atoms with Gasteiger partial charge in [-0.25, -0.2) is 10.4 Å². The molecular weight excluding hydrogens is 340 g/mol. The Hall–Kier alpha value is -2.87. The molecule has 2 aromatic heterocycles. The van der Waals surface area contributed by atoms with Crippen LogP contribution >= 0.6 is 11.3 Å². The average molecular weight is 358 g/mol. The molecule has 0 unspecified atom stereocenters. The Kier molecular flexibility index (Phi) is 4.99. The molecule has 3 rings (SSSR count). The van der Waals surface area contributed by atoms with Crippen molar-refractivity contribution in [1.82, 2.24) is 14.8 Å². The Morgan fingerprint density at radius 3 is 2.84 bits per heavy atom. The van der Waals surface area contributed by atoms with Crippen molar-refractivity contribution in [3.63, 3.8) is 0 Å². The third kappa shape index (κ3) is 3.80. The topological polar surface area (TPSA) is 77.2 Å². The van der Waals surface area contributed by atoms with E-state index >= 15 is 0 Å². The summed E-state index contributed by atoms with van der Waals surface area (Å²) in [4.78, 5) is 17.3. The normalized spacial score (nSPS) is 11.6. The van der Waals surface area contributed by atoms with E-state index in [-0.39, 0.29) is 12.3 Å². The van der Waals surface area contributed by atoms with Crippen molar-refractivity contribution in [2.75, 3.05) is 14.2 Å². The van der Waals surface area contributed by atoms with Crippen LogP contribution in [0.5, 0.6) is 11.5 Å². The molecule has 1 aromatic carbocycles. The van der Waals surface area contributed by atoms with Gasteiger partial charge in [-0.1, -0.05) is 0 Å². The van der Waals surface area contributed by atoms with Gasteiger partial charge in [-0.15, -0.1) is 11.3 Å². The van der Waals surface area contributed by atoms with E-state index in [2.05, 4.69) is 15.5 Å². The fourth-order valence-corrected chi connectivity index (χ4v) is 3.06. The Bertz CT molecular complexity index is 901. The zero-order valence-corrected chi connectivity index (χ0v) is 15.0. The SMILES string of the molecule is COc1ccc(/C(C)=N/NC(=O)Cc2cn3ccsc3n2)cc1OC. The van der Waals surface area contributed by atoms with E-state index in [0.29, 0.717) is 22.9 Å². The summed E-state index contributed by atoms with van der Waals surface area (Å²) < 4.78 is 12.4. The molecule has 0 atom stereocenters. The van der Waals surface area contributed by atoms with E-state index in [1.165, 1.54) is 11.3 Å². The smallest absolute Gasteiger partial charge is 0.246 e. The molecule has 0 bridgehead atoms. The van der Waals surface area contributed by atoms with Gasteiger partial charge in [0.05, 0.1) is 32.0 Å². The summed E-state index contributed by atoms with van der Waals surface area (Å²) in [7, 11) is 3.16. The van der Waals surface area contributed by atoms with E-state index in [1.54, 1.807) is 20.3 Å². The van der Waals surface area contributed by atoms with E-state index < -0.39 is 0 Å². The predicted molar refractivity (Wildman–Crippen MR) is 96.7 cm³/mol. The van der Waals surface area contributed by atoms with Crippen molar-refractivity contribution in [3.05, 3.63) is 47.2 Å². The molecule has 8 heteroatoms. The minimum Gasteiger partial charge on any atom is -0.493 e. The van der Waals surface area contributed by atoms with Gasteiger partial charge in [0.1, 0.15) is 0 Å². The zero-order chi connectivity index (χ0) is 17.8. The van der Waals surface area contributed by atoms with Crippen LogP contribution in [0.4, 0.5) is 0 Å². The van der Waals surface area contributed by atoms with Gasteiger partial charge in [0.15, 0.2) is 16.5 Å². The molecule has 3 aromatic rings. The zero-order valence-electron chi connectivity index (χ0n) is 14.1. The van der Waals surface area contributed by atoms with Crippen molar-refractivity contribution < 1.29 is 14.3 Å². The number of methoxy groups -OCH3 is 2. The summed E-state index contributed by atoms with van der Waals surface area (Å²) in [5.41, 5.74) is 4.78. The molecule has 0 aliphatic carbocycles. The maximum atomic E-state index is 12.1. The number of ether oxygens (including phenoxy) is 2. The Balaban J connectivity index is 1.66. The number of aromatic nitrogens is 2. The number of hydrazone groups is 1. The van der Waals surface area contributed by atoms with Gasteiger partial charge in [-0.05, 0) is 25.1 Å². The number of rotatable bonds is 6. The molecule has 0 spiro atoms. The minimum absolute atomic E-state index is 0.178. The highest BCUT2D eigenvalue weighted by molar-refractivity contribution is 7.15. The first-order chi connectivity index (χ1) is 12.1. The lowest BCUT2D eigenvalue weighted by atomic mass is 10.1. The van der Waals surface area contributed by atoms with Gasteiger partial charge in [-0.3, -0.25) is 9.20 Å². The number of amides is 1. The maximum absolute atomic E-state index is 12.1. The molecule has 2 heterocycles. The second-order valence-electron chi connectivity index (χ2n) is 5.30. The Labute approximate surface area is 148 Å².